The van der Waals surface area contributed by atoms with Gasteiger partial charge in [0.05, 0.1) is 13.2 Å². The van der Waals surface area contributed by atoms with Gasteiger partial charge in [-0.1, -0.05) is 17.7 Å². The Bertz CT molecular complexity index is 459. The Hall–Kier alpha value is -1.55. The molecule has 1 saturated heterocycles. The van der Waals surface area contributed by atoms with Crippen molar-refractivity contribution in [2.45, 2.75) is 32.9 Å². The number of methoxy groups -OCH3 is 1. The second-order valence-corrected chi connectivity index (χ2v) is 5.10. The highest BCUT2D eigenvalue weighted by atomic mass is 16.5. The molecular weight excluding hydrogens is 240 g/mol. The summed E-state index contributed by atoms with van der Waals surface area (Å²) in [5.74, 6) is 1.02. The summed E-state index contributed by atoms with van der Waals surface area (Å²) in [6.45, 7) is 6.29. The minimum atomic E-state index is -0.0988. The number of nitrogens with zero attached hydrogens (tertiary/aromatic N) is 1. The number of carbonyl (C=O) groups excluding carboxylic acids is 1. The van der Waals surface area contributed by atoms with Gasteiger partial charge in [-0.3, -0.25) is 4.79 Å². The molecule has 19 heavy (non-hydrogen) atoms. The monoisotopic (exact) mass is 262 g/mol. The lowest BCUT2D eigenvalue weighted by molar-refractivity contribution is -0.132. The molecule has 4 heteroatoms. The Balaban J connectivity index is 2.19. The van der Waals surface area contributed by atoms with Crippen molar-refractivity contribution in [2.24, 2.45) is 0 Å². The molecule has 0 bridgehead atoms. The first-order valence-corrected chi connectivity index (χ1v) is 6.77. The van der Waals surface area contributed by atoms with Crippen LogP contribution in [-0.2, 0) is 11.3 Å². The van der Waals surface area contributed by atoms with Crippen LogP contribution in [-0.4, -0.2) is 37.0 Å². The van der Waals surface area contributed by atoms with Gasteiger partial charge in [0.15, 0.2) is 0 Å². The molecule has 1 heterocycles. The normalized spacial score (nSPS) is 20.3. The van der Waals surface area contributed by atoms with Crippen molar-refractivity contribution in [3.05, 3.63) is 29.3 Å². The molecule has 4 nitrogen and oxygen atoms in total. The van der Waals surface area contributed by atoms with Crippen molar-refractivity contribution in [2.75, 3.05) is 20.2 Å². The van der Waals surface area contributed by atoms with Crippen LogP contribution in [0.1, 0.15) is 24.5 Å². The van der Waals surface area contributed by atoms with Crippen molar-refractivity contribution in [1.82, 2.24) is 10.2 Å². The molecule has 1 N–H and O–H groups in total. The lowest BCUT2D eigenvalue weighted by Crippen LogP contribution is -2.41. The Morgan fingerprint density at radius 1 is 1.47 bits per heavy atom. The van der Waals surface area contributed by atoms with E-state index in [1.165, 1.54) is 5.56 Å². The van der Waals surface area contributed by atoms with Crippen molar-refractivity contribution < 1.29 is 9.53 Å². The highest BCUT2D eigenvalue weighted by molar-refractivity contribution is 5.81. The summed E-state index contributed by atoms with van der Waals surface area (Å²) in [5, 5.41) is 3.23. The standard InChI is InChI=1S/C15H22N2O2/c1-11-5-6-14(19-3)13(9-11)10-17-8-4-7-16-12(2)15(17)18/h5-6,9,12,16H,4,7-8,10H2,1-3H3. The van der Waals surface area contributed by atoms with Gasteiger partial charge in [0, 0.05) is 18.7 Å². The molecule has 1 unspecified atom stereocenters. The van der Waals surface area contributed by atoms with E-state index in [-0.39, 0.29) is 11.9 Å². The first-order chi connectivity index (χ1) is 9.11. The summed E-state index contributed by atoms with van der Waals surface area (Å²) in [6, 6.07) is 5.99. The maximum Gasteiger partial charge on any atom is 0.239 e. The molecule has 1 aromatic carbocycles. The molecule has 1 aliphatic rings. The molecular formula is C15H22N2O2. The molecule has 1 atom stereocenters. The fraction of sp³-hybridized carbons (Fsp3) is 0.533. The van der Waals surface area contributed by atoms with Crippen LogP contribution in [0.2, 0.25) is 0 Å². The number of aryl methyl sites for hydroxylation is 1. The lowest BCUT2D eigenvalue weighted by atomic mass is 10.1. The zero-order valence-corrected chi connectivity index (χ0v) is 11.9. The zero-order chi connectivity index (χ0) is 13.8. The van der Waals surface area contributed by atoms with Crippen LogP contribution in [0, 0.1) is 6.92 Å². The number of rotatable bonds is 3. The van der Waals surface area contributed by atoms with Gasteiger partial charge in [0.1, 0.15) is 5.75 Å². The molecule has 2 rings (SSSR count). The average molecular weight is 262 g/mol. The SMILES string of the molecule is COc1ccc(C)cc1CN1CCCNC(C)C1=O. The van der Waals surface area contributed by atoms with E-state index in [2.05, 4.69) is 18.3 Å². The number of hydrogen-bond acceptors (Lipinski definition) is 3. The summed E-state index contributed by atoms with van der Waals surface area (Å²) in [4.78, 5) is 14.2. The second kappa shape index (κ2) is 6.06. The quantitative estimate of drug-likeness (QED) is 0.901. The summed E-state index contributed by atoms with van der Waals surface area (Å²) >= 11 is 0. The fourth-order valence-corrected chi connectivity index (χ4v) is 2.45. The Morgan fingerprint density at radius 2 is 2.26 bits per heavy atom. The van der Waals surface area contributed by atoms with Crippen molar-refractivity contribution in [1.29, 1.82) is 0 Å². The van der Waals surface area contributed by atoms with Gasteiger partial charge >= 0.3 is 0 Å². The van der Waals surface area contributed by atoms with E-state index in [1.807, 2.05) is 24.0 Å². The Morgan fingerprint density at radius 3 is 3.00 bits per heavy atom. The van der Waals surface area contributed by atoms with Crippen LogP contribution < -0.4 is 10.1 Å². The van der Waals surface area contributed by atoms with E-state index in [4.69, 9.17) is 4.74 Å². The van der Waals surface area contributed by atoms with Crippen LogP contribution in [0.3, 0.4) is 0 Å². The number of benzene rings is 1. The second-order valence-electron chi connectivity index (χ2n) is 5.10. The van der Waals surface area contributed by atoms with E-state index in [9.17, 15) is 4.79 Å². The average Bonchev–Trinajstić information content (AvgIpc) is 2.55. The maximum atomic E-state index is 12.3. The molecule has 0 aliphatic carbocycles. The van der Waals surface area contributed by atoms with Crippen LogP contribution >= 0.6 is 0 Å². The van der Waals surface area contributed by atoms with Gasteiger partial charge in [-0.2, -0.15) is 0 Å². The third kappa shape index (κ3) is 3.26. The summed E-state index contributed by atoms with van der Waals surface area (Å²) in [5.41, 5.74) is 2.26. The molecule has 0 saturated carbocycles. The van der Waals surface area contributed by atoms with E-state index in [1.54, 1.807) is 7.11 Å². The summed E-state index contributed by atoms with van der Waals surface area (Å²) < 4.78 is 5.38. The number of amides is 1. The van der Waals surface area contributed by atoms with Gasteiger partial charge in [0.25, 0.3) is 0 Å². The predicted octanol–water partition coefficient (Wildman–Crippen LogP) is 1.71. The largest absolute Gasteiger partial charge is 0.496 e. The molecule has 1 fully saturated rings. The Kier molecular flexibility index (Phi) is 4.43. The number of nitrogens with one attached hydrogen (secondary N) is 1. The molecule has 1 aliphatic heterocycles. The number of hydrogen-bond donors (Lipinski definition) is 1. The molecule has 0 spiro atoms. The van der Waals surface area contributed by atoms with Crippen molar-refractivity contribution >= 4 is 5.91 Å². The summed E-state index contributed by atoms with van der Waals surface area (Å²) in [6.07, 6.45) is 0.990. The topological polar surface area (TPSA) is 41.6 Å². The Labute approximate surface area is 114 Å². The highest BCUT2D eigenvalue weighted by Gasteiger charge is 2.23. The van der Waals surface area contributed by atoms with Gasteiger partial charge in [-0.25, -0.2) is 0 Å². The zero-order valence-electron chi connectivity index (χ0n) is 11.9. The van der Waals surface area contributed by atoms with Crippen LogP contribution in [0.4, 0.5) is 0 Å². The number of ether oxygens (including phenoxy) is 1. The van der Waals surface area contributed by atoms with Crippen molar-refractivity contribution in [3.8, 4) is 5.75 Å². The summed E-state index contributed by atoms with van der Waals surface area (Å²) in [7, 11) is 1.67. The molecule has 0 aromatic heterocycles. The molecule has 1 aromatic rings. The maximum absolute atomic E-state index is 12.3. The number of carbonyl (C=O) groups is 1. The van der Waals surface area contributed by atoms with Gasteiger partial charge < -0.3 is 15.0 Å². The van der Waals surface area contributed by atoms with E-state index >= 15 is 0 Å². The van der Waals surface area contributed by atoms with E-state index < -0.39 is 0 Å². The fourth-order valence-electron chi connectivity index (χ4n) is 2.45. The highest BCUT2D eigenvalue weighted by Crippen LogP contribution is 2.22. The smallest absolute Gasteiger partial charge is 0.239 e. The molecule has 0 radical (unpaired) electrons. The minimum absolute atomic E-state index is 0.0988. The van der Waals surface area contributed by atoms with Crippen LogP contribution in [0.15, 0.2) is 18.2 Å². The van der Waals surface area contributed by atoms with E-state index in [0.29, 0.717) is 6.54 Å². The third-order valence-electron chi connectivity index (χ3n) is 3.53. The van der Waals surface area contributed by atoms with Crippen LogP contribution in [0.5, 0.6) is 5.75 Å². The van der Waals surface area contributed by atoms with E-state index in [0.717, 1.165) is 30.8 Å². The third-order valence-corrected chi connectivity index (χ3v) is 3.53. The molecule has 1 amide bonds. The molecule has 104 valence electrons. The lowest BCUT2D eigenvalue weighted by Gasteiger charge is -2.23. The predicted molar refractivity (Wildman–Crippen MR) is 75.2 cm³/mol. The first-order valence-electron chi connectivity index (χ1n) is 6.77. The van der Waals surface area contributed by atoms with Gasteiger partial charge in [-0.05, 0) is 32.9 Å². The first kappa shape index (κ1) is 13.9. The van der Waals surface area contributed by atoms with Gasteiger partial charge in [-0.15, -0.1) is 0 Å². The minimum Gasteiger partial charge on any atom is -0.496 e. The van der Waals surface area contributed by atoms with Crippen molar-refractivity contribution in [3.63, 3.8) is 0 Å². The van der Waals surface area contributed by atoms with Crippen LogP contribution in [0.25, 0.3) is 0 Å². The van der Waals surface area contributed by atoms with Gasteiger partial charge in [0.2, 0.25) is 5.91 Å².